The van der Waals surface area contributed by atoms with Gasteiger partial charge in [0.1, 0.15) is 12.4 Å². The zero-order valence-corrected chi connectivity index (χ0v) is 16.8. The predicted octanol–water partition coefficient (Wildman–Crippen LogP) is 3.34. The van der Waals surface area contributed by atoms with Crippen molar-refractivity contribution in [2.75, 3.05) is 19.8 Å². The molecule has 1 aromatic rings. The van der Waals surface area contributed by atoms with E-state index < -0.39 is 5.97 Å². The lowest BCUT2D eigenvalue weighted by Crippen LogP contribution is -2.45. The van der Waals surface area contributed by atoms with Gasteiger partial charge in [-0.3, -0.25) is 4.79 Å². The normalized spacial score (nSPS) is 27.2. The van der Waals surface area contributed by atoms with Crippen molar-refractivity contribution in [1.82, 2.24) is 5.32 Å². The summed E-state index contributed by atoms with van der Waals surface area (Å²) in [4.78, 5) is 24.3. The van der Waals surface area contributed by atoms with Crippen LogP contribution in [0.15, 0.2) is 24.3 Å². The van der Waals surface area contributed by atoms with Gasteiger partial charge < -0.3 is 19.5 Å². The Kier molecular flexibility index (Phi) is 7.31. The molecule has 0 aromatic heterocycles. The van der Waals surface area contributed by atoms with Crippen LogP contribution in [0, 0.1) is 11.8 Å². The van der Waals surface area contributed by atoms with Crippen molar-refractivity contribution in [3.63, 3.8) is 0 Å². The van der Waals surface area contributed by atoms with E-state index >= 15 is 0 Å². The molecule has 6 heteroatoms. The summed E-state index contributed by atoms with van der Waals surface area (Å²) < 4.78 is 16.4. The van der Waals surface area contributed by atoms with Gasteiger partial charge in [-0.15, -0.1) is 0 Å². The number of ether oxygens (including phenoxy) is 3. The molecule has 1 saturated heterocycles. The van der Waals surface area contributed by atoms with Crippen molar-refractivity contribution >= 4 is 11.9 Å². The zero-order valence-electron chi connectivity index (χ0n) is 16.8. The zero-order chi connectivity index (χ0) is 19.9. The average Bonchev–Trinajstić information content (AvgIpc) is 3.22. The average molecular weight is 389 g/mol. The molecule has 1 heterocycles. The van der Waals surface area contributed by atoms with Gasteiger partial charge in [-0.2, -0.15) is 0 Å². The van der Waals surface area contributed by atoms with Gasteiger partial charge in [0.05, 0.1) is 11.7 Å². The molecule has 1 N–H and O–H groups in total. The molecule has 3 rings (SSSR count). The highest BCUT2D eigenvalue weighted by Crippen LogP contribution is 2.29. The van der Waals surface area contributed by atoms with Crippen LogP contribution in [0.4, 0.5) is 0 Å². The SMILES string of the molecule is C[C@H]1[C@@H](NC(=O)COC(=O)c2ccc(OC[C@@H]3CCCO3)cc2)CCC[C@@H]1C. The lowest BCUT2D eigenvalue weighted by atomic mass is 9.78. The molecule has 1 amide bonds. The van der Waals surface area contributed by atoms with Gasteiger partial charge in [0.2, 0.25) is 0 Å². The van der Waals surface area contributed by atoms with Gasteiger partial charge in [0.25, 0.3) is 5.91 Å². The Morgan fingerprint density at radius 2 is 1.89 bits per heavy atom. The topological polar surface area (TPSA) is 73.9 Å². The van der Waals surface area contributed by atoms with Gasteiger partial charge in [0, 0.05) is 12.6 Å². The van der Waals surface area contributed by atoms with Crippen molar-refractivity contribution in [3.05, 3.63) is 29.8 Å². The summed E-state index contributed by atoms with van der Waals surface area (Å²) in [6, 6.07) is 6.93. The molecule has 1 aliphatic heterocycles. The molecular formula is C22H31NO5. The number of amides is 1. The molecule has 2 fully saturated rings. The van der Waals surface area contributed by atoms with Crippen molar-refractivity contribution in [2.45, 2.75) is 58.1 Å². The Balaban J connectivity index is 1.40. The molecule has 4 atom stereocenters. The fourth-order valence-corrected chi connectivity index (χ4v) is 3.90. The Morgan fingerprint density at radius 1 is 1.11 bits per heavy atom. The van der Waals surface area contributed by atoms with Gasteiger partial charge in [-0.05, 0) is 55.4 Å². The number of esters is 1. The quantitative estimate of drug-likeness (QED) is 0.724. The molecular weight excluding hydrogens is 358 g/mol. The molecule has 0 bridgehead atoms. The smallest absolute Gasteiger partial charge is 0.338 e. The van der Waals surface area contributed by atoms with E-state index in [9.17, 15) is 9.59 Å². The van der Waals surface area contributed by atoms with Gasteiger partial charge in [-0.25, -0.2) is 4.79 Å². The lowest BCUT2D eigenvalue weighted by Gasteiger charge is -2.34. The van der Waals surface area contributed by atoms with Crippen LogP contribution in [-0.4, -0.2) is 43.8 Å². The predicted molar refractivity (Wildman–Crippen MR) is 105 cm³/mol. The van der Waals surface area contributed by atoms with Gasteiger partial charge in [0.15, 0.2) is 6.61 Å². The second-order valence-corrected chi connectivity index (χ2v) is 7.99. The second kappa shape index (κ2) is 9.92. The minimum absolute atomic E-state index is 0.151. The molecule has 0 radical (unpaired) electrons. The Hall–Kier alpha value is -2.08. The van der Waals surface area contributed by atoms with Crippen LogP contribution in [-0.2, 0) is 14.3 Å². The summed E-state index contributed by atoms with van der Waals surface area (Å²) >= 11 is 0. The minimum atomic E-state index is -0.508. The van der Waals surface area contributed by atoms with Crippen LogP contribution < -0.4 is 10.1 Å². The summed E-state index contributed by atoms with van der Waals surface area (Å²) in [6.07, 6.45) is 5.56. The first-order valence-corrected chi connectivity index (χ1v) is 10.3. The van der Waals surface area contributed by atoms with Crippen LogP contribution in [0.3, 0.4) is 0 Å². The highest BCUT2D eigenvalue weighted by molar-refractivity contribution is 5.91. The van der Waals surface area contributed by atoms with E-state index in [4.69, 9.17) is 14.2 Å². The van der Waals surface area contributed by atoms with Crippen LogP contribution in [0.25, 0.3) is 0 Å². The monoisotopic (exact) mass is 389 g/mol. The van der Waals surface area contributed by atoms with Gasteiger partial charge in [-0.1, -0.05) is 26.7 Å². The third kappa shape index (κ3) is 5.71. The number of benzene rings is 1. The Bertz CT molecular complexity index is 653. The van der Waals surface area contributed by atoms with E-state index in [0.717, 1.165) is 32.3 Å². The number of carbonyl (C=O) groups is 2. The number of hydrogen-bond acceptors (Lipinski definition) is 5. The van der Waals surface area contributed by atoms with Crippen LogP contribution in [0.1, 0.15) is 56.3 Å². The first kappa shape index (κ1) is 20.6. The molecule has 0 spiro atoms. The molecule has 1 saturated carbocycles. The molecule has 0 unspecified atom stereocenters. The molecule has 1 aromatic carbocycles. The second-order valence-electron chi connectivity index (χ2n) is 7.99. The van der Waals surface area contributed by atoms with Crippen molar-refractivity contribution in [3.8, 4) is 5.75 Å². The third-order valence-corrected chi connectivity index (χ3v) is 5.94. The molecule has 28 heavy (non-hydrogen) atoms. The van der Waals surface area contributed by atoms with Crippen molar-refractivity contribution in [1.29, 1.82) is 0 Å². The number of hydrogen-bond donors (Lipinski definition) is 1. The summed E-state index contributed by atoms with van der Waals surface area (Å²) in [6.45, 7) is 5.45. The van der Waals surface area contributed by atoms with Crippen molar-refractivity contribution in [2.24, 2.45) is 11.8 Å². The molecule has 6 nitrogen and oxygen atoms in total. The highest BCUT2D eigenvalue weighted by Gasteiger charge is 2.28. The van der Waals surface area contributed by atoms with Gasteiger partial charge >= 0.3 is 5.97 Å². The van der Waals surface area contributed by atoms with Crippen molar-refractivity contribution < 1.29 is 23.8 Å². The summed E-state index contributed by atoms with van der Waals surface area (Å²) in [5.41, 5.74) is 0.400. The van der Waals surface area contributed by atoms with Crippen LogP contribution in [0.5, 0.6) is 5.75 Å². The van der Waals surface area contributed by atoms with E-state index in [0.29, 0.717) is 29.8 Å². The summed E-state index contributed by atoms with van der Waals surface area (Å²) in [7, 11) is 0. The Labute approximate surface area is 166 Å². The first-order valence-electron chi connectivity index (χ1n) is 10.3. The number of carbonyl (C=O) groups excluding carboxylic acids is 2. The molecule has 1 aliphatic carbocycles. The van der Waals surface area contributed by atoms with E-state index in [-0.39, 0.29) is 24.7 Å². The number of rotatable bonds is 7. The molecule has 2 aliphatic rings. The lowest BCUT2D eigenvalue weighted by molar-refractivity contribution is -0.125. The highest BCUT2D eigenvalue weighted by atomic mass is 16.5. The third-order valence-electron chi connectivity index (χ3n) is 5.94. The first-order chi connectivity index (χ1) is 13.5. The fourth-order valence-electron chi connectivity index (χ4n) is 3.90. The summed E-state index contributed by atoms with van der Waals surface area (Å²) in [5.74, 6) is 0.977. The standard InChI is InChI=1S/C22H31NO5/c1-15-5-3-7-20(16(15)2)23-21(24)14-28-22(25)17-8-10-18(11-9-17)27-13-19-6-4-12-26-19/h8-11,15-16,19-20H,3-7,12-14H2,1-2H3,(H,23,24)/t15-,16+,19-,20-/m0/s1. The maximum Gasteiger partial charge on any atom is 0.338 e. The van der Waals surface area contributed by atoms with E-state index in [2.05, 4.69) is 19.2 Å². The molecule has 154 valence electrons. The van der Waals surface area contributed by atoms with E-state index in [1.807, 2.05) is 0 Å². The summed E-state index contributed by atoms with van der Waals surface area (Å²) in [5, 5.41) is 3.01. The van der Waals surface area contributed by atoms with E-state index in [1.165, 1.54) is 6.42 Å². The van der Waals surface area contributed by atoms with E-state index in [1.54, 1.807) is 24.3 Å². The minimum Gasteiger partial charge on any atom is -0.491 e. The maximum atomic E-state index is 12.2. The largest absolute Gasteiger partial charge is 0.491 e. The maximum absolute atomic E-state index is 12.2. The Morgan fingerprint density at radius 3 is 2.61 bits per heavy atom. The van der Waals surface area contributed by atoms with Crippen LogP contribution >= 0.6 is 0 Å². The number of nitrogens with one attached hydrogen (secondary N) is 1. The fraction of sp³-hybridized carbons (Fsp3) is 0.636. The van der Waals surface area contributed by atoms with Crippen LogP contribution in [0.2, 0.25) is 0 Å².